The highest BCUT2D eigenvalue weighted by molar-refractivity contribution is 5.98. The van der Waals surface area contributed by atoms with Crippen molar-refractivity contribution in [3.8, 4) is 0 Å². The molecule has 0 N–H and O–H groups in total. The number of likely N-dealkylation sites (tertiary alicyclic amines) is 1. The number of methoxy groups -OCH3 is 1. The van der Waals surface area contributed by atoms with E-state index in [1.54, 1.807) is 6.08 Å². The SMILES string of the molecule is COC(=O)C1=Cc2c(c3ccccc3oc2=O)[C@@H]2COCC[C@]12[C@@H]1COCC[C@H]1N1CCCC1. The molecule has 6 rings (SSSR count). The number of hydrogen-bond donors (Lipinski definition) is 0. The standard InChI is InChI=1S/C27H31NO6/c1-31-26(30)19-14-18-24(17-6-2-3-7-23(17)34-25(18)29)21-16-33-13-9-27(19,21)20-15-32-12-8-22(20)28-10-4-5-11-28/h2-3,6-7,14,20-22H,4-5,8-13,15-16H2,1H3/t20-,21+,22-,27-/m1/s1. The van der Waals surface area contributed by atoms with E-state index in [0.717, 1.165) is 37.1 Å². The van der Waals surface area contributed by atoms with E-state index in [2.05, 4.69) is 4.90 Å². The molecule has 1 aliphatic carbocycles. The molecule has 0 radical (unpaired) electrons. The lowest BCUT2D eigenvalue weighted by molar-refractivity contribution is -0.143. The van der Waals surface area contributed by atoms with Gasteiger partial charge >= 0.3 is 11.6 Å². The number of ether oxygens (including phenoxy) is 3. The van der Waals surface area contributed by atoms with Gasteiger partial charge in [-0.15, -0.1) is 0 Å². The van der Waals surface area contributed by atoms with Crippen molar-refractivity contribution < 1.29 is 23.4 Å². The molecular weight excluding hydrogens is 434 g/mol. The van der Waals surface area contributed by atoms with Crippen LogP contribution in [0.1, 0.15) is 42.7 Å². The third-order valence-corrected chi connectivity index (χ3v) is 8.59. The van der Waals surface area contributed by atoms with E-state index in [0.29, 0.717) is 49.0 Å². The minimum Gasteiger partial charge on any atom is -0.466 e. The molecule has 1 aromatic heterocycles. The molecule has 180 valence electrons. The summed E-state index contributed by atoms with van der Waals surface area (Å²) in [7, 11) is 1.42. The summed E-state index contributed by atoms with van der Waals surface area (Å²) >= 11 is 0. The molecule has 2 aromatic rings. The van der Waals surface area contributed by atoms with Gasteiger partial charge in [-0.2, -0.15) is 0 Å². The van der Waals surface area contributed by atoms with Crippen LogP contribution in [0, 0.1) is 11.3 Å². The lowest BCUT2D eigenvalue weighted by Gasteiger charge is -2.56. The van der Waals surface area contributed by atoms with Crippen LogP contribution < -0.4 is 5.63 Å². The van der Waals surface area contributed by atoms with Crippen molar-refractivity contribution in [2.24, 2.45) is 11.3 Å². The number of para-hydroxylation sites is 1. The maximum absolute atomic E-state index is 13.4. The number of hydrogen-bond acceptors (Lipinski definition) is 7. The van der Waals surface area contributed by atoms with Crippen LogP contribution in [0.25, 0.3) is 17.0 Å². The first-order valence-corrected chi connectivity index (χ1v) is 12.4. The molecule has 3 aliphatic heterocycles. The second-order valence-electron chi connectivity index (χ2n) is 9.96. The van der Waals surface area contributed by atoms with Crippen LogP contribution in [0.5, 0.6) is 0 Å². The Labute approximate surface area is 198 Å². The molecule has 0 spiro atoms. The molecule has 3 saturated heterocycles. The molecule has 0 amide bonds. The van der Waals surface area contributed by atoms with Gasteiger partial charge < -0.3 is 18.6 Å². The van der Waals surface area contributed by atoms with E-state index in [-0.39, 0.29) is 17.8 Å². The minimum atomic E-state index is -0.539. The molecule has 0 unspecified atom stereocenters. The summed E-state index contributed by atoms with van der Waals surface area (Å²) in [6.45, 7) is 4.48. The predicted octanol–water partition coefficient (Wildman–Crippen LogP) is 3.35. The molecule has 4 aliphatic rings. The summed E-state index contributed by atoms with van der Waals surface area (Å²) in [4.78, 5) is 29.1. The van der Waals surface area contributed by atoms with E-state index in [9.17, 15) is 9.59 Å². The maximum Gasteiger partial charge on any atom is 0.343 e. The normalized spacial score (nSPS) is 31.6. The van der Waals surface area contributed by atoms with E-state index < -0.39 is 11.0 Å². The van der Waals surface area contributed by atoms with Gasteiger partial charge in [0.25, 0.3) is 0 Å². The first-order valence-electron chi connectivity index (χ1n) is 12.4. The van der Waals surface area contributed by atoms with E-state index in [4.69, 9.17) is 18.6 Å². The highest BCUT2D eigenvalue weighted by Crippen LogP contribution is 2.59. The molecule has 0 saturated carbocycles. The minimum absolute atomic E-state index is 0.0951. The van der Waals surface area contributed by atoms with Crippen molar-refractivity contribution in [3.05, 3.63) is 51.4 Å². The maximum atomic E-state index is 13.4. The Morgan fingerprint density at radius 1 is 1.12 bits per heavy atom. The molecule has 7 nitrogen and oxygen atoms in total. The van der Waals surface area contributed by atoms with Crippen molar-refractivity contribution >= 4 is 23.0 Å². The number of benzene rings is 1. The fourth-order valence-corrected chi connectivity index (χ4v) is 7.14. The Morgan fingerprint density at radius 3 is 2.74 bits per heavy atom. The highest BCUT2D eigenvalue weighted by Gasteiger charge is 2.58. The van der Waals surface area contributed by atoms with Gasteiger partial charge in [0.2, 0.25) is 0 Å². The van der Waals surface area contributed by atoms with Gasteiger partial charge in [0.15, 0.2) is 0 Å². The van der Waals surface area contributed by atoms with Gasteiger partial charge in [-0.1, -0.05) is 18.2 Å². The number of rotatable bonds is 3. The fourth-order valence-electron chi connectivity index (χ4n) is 7.14. The van der Waals surface area contributed by atoms with Gasteiger partial charge in [0.05, 0.1) is 25.9 Å². The van der Waals surface area contributed by atoms with Gasteiger partial charge in [0.1, 0.15) is 5.58 Å². The molecule has 7 heteroatoms. The zero-order valence-electron chi connectivity index (χ0n) is 19.6. The third-order valence-electron chi connectivity index (χ3n) is 8.59. The first kappa shape index (κ1) is 22.0. The van der Waals surface area contributed by atoms with Crippen LogP contribution in [0.2, 0.25) is 0 Å². The van der Waals surface area contributed by atoms with Gasteiger partial charge in [-0.05, 0) is 56.5 Å². The Balaban J connectivity index is 1.61. The number of carbonyl (C=O) groups is 1. The van der Waals surface area contributed by atoms with Gasteiger partial charge in [-0.3, -0.25) is 4.90 Å². The largest absolute Gasteiger partial charge is 0.466 e. The fraction of sp³-hybridized carbons (Fsp3) is 0.556. The molecule has 4 atom stereocenters. The van der Waals surface area contributed by atoms with Crippen molar-refractivity contribution in [3.63, 3.8) is 0 Å². The smallest absolute Gasteiger partial charge is 0.343 e. The zero-order chi connectivity index (χ0) is 23.3. The quantitative estimate of drug-likeness (QED) is 0.508. The number of fused-ring (bicyclic) bond motifs is 5. The van der Waals surface area contributed by atoms with Crippen LogP contribution >= 0.6 is 0 Å². The molecule has 0 bridgehead atoms. The topological polar surface area (TPSA) is 78.2 Å². The van der Waals surface area contributed by atoms with Crippen molar-refractivity contribution in [2.45, 2.75) is 37.6 Å². The van der Waals surface area contributed by atoms with Gasteiger partial charge in [-0.25, -0.2) is 9.59 Å². The molecule has 34 heavy (non-hydrogen) atoms. The predicted molar refractivity (Wildman–Crippen MR) is 127 cm³/mol. The Morgan fingerprint density at radius 2 is 1.91 bits per heavy atom. The van der Waals surface area contributed by atoms with Crippen LogP contribution in [-0.4, -0.2) is 63.5 Å². The first-order chi connectivity index (χ1) is 16.6. The van der Waals surface area contributed by atoms with Crippen LogP contribution in [-0.2, 0) is 19.0 Å². The third kappa shape index (κ3) is 3.21. The van der Waals surface area contributed by atoms with Gasteiger partial charge in [0, 0.05) is 47.5 Å². The molecular formula is C27H31NO6. The molecule has 1 aromatic carbocycles. The second kappa shape index (κ2) is 8.63. The summed E-state index contributed by atoms with van der Waals surface area (Å²) in [5, 5.41) is 0.909. The van der Waals surface area contributed by atoms with Crippen LogP contribution in [0.4, 0.5) is 0 Å². The van der Waals surface area contributed by atoms with Crippen LogP contribution in [0.3, 0.4) is 0 Å². The summed E-state index contributed by atoms with van der Waals surface area (Å²) in [5.74, 6) is -0.449. The van der Waals surface area contributed by atoms with Crippen molar-refractivity contribution in [2.75, 3.05) is 46.6 Å². The van der Waals surface area contributed by atoms with Crippen molar-refractivity contribution in [1.29, 1.82) is 0 Å². The summed E-state index contributed by atoms with van der Waals surface area (Å²) in [5.41, 5.74) is 1.55. The highest BCUT2D eigenvalue weighted by atomic mass is 16.5. The Bertz CT molecular complexity index is 1200. The van der Waals surface area contributed by atoms with E-state index in [1.165, 1.54) is 20.0 Å². The zero-order valence-corrected chi connectivity index (χ0v) is 19.6. The summed E-state index contributed by atoms with van der Waals surface area (Å²) in [6, 6.07) is 7.99. The average molecular weight is 466 g/mol. The second-order valence-corrected chi connectivity index (χ2v) is 9.96. The van der Waals surface area contributed by atoms with E-state index in [1.807, 2.05) is 24.3 Å². The molecule has 3 fully saturated rings. The monoisotopic (exact) mass is 465 g/mol. The number of esters is 1. The average Bonchev–Trinajstić information content (AvgIpc) is 3.42. The Kier molecular flexibility index (Phi) is 5.59. The molecule has 4 heterocycles. The number of carbonyl (C=O) groups excluding carboxylic acids is 1. The number of nitrogens with zero attached hydrogens (tertiary/aromatic N) is 1. The van der Waals surface area contributed by atoms with E-state index >= 15 is 0 Å². The Hall–Kier alpha value is -2.48. The van der Waals surface area contributed by atoms with Crippen molar-refractivity contribution in [1.82, 2.24) is 4.90 Å². The summed E-state index contributed by atoms with van der Waals surface area (Å²) < 4.78 is 23.1. The van der Waals surface area contributed by atoms with Crippen LogP contribution in [0.15, 0.2) is 39.1 Å². The summed E-state index contributed by atoms with van der Waals surface area (Å²) in [6.07, 6.45) is 5.80. The lowest BCUT2D eigenvalue weighted by Crippen LogP contribution is -2.58. The lowest BCUT2D eigenvalue weighted by atomic mass is 9.53.